The largest absolute Gasteiger partial charge is 2.00 e. The minimum Gasteiger partial charge on any atom is -0.362 e. The van der Waals surface area contributed by atoms with Crippen LogP contribution in [0.5, 0.6) is 0 Å². The van der Waals surface area contributed by atoms with E-state index in [1.165, 1.54) is 4.90 Å². The Kier molecular flexibility index (Phi) is 19.6. The molecular weight excluding hydrogens is 700 g/mol. The van der Waals surface area contributed by atoms with Crippen LogP contribution in [0.3, 0.4) is 0 Å². The molecule has 206 valence electrons. The van der Waals surface area contributed by atoms with Crippen molar-refractivity contribution in [3.05, 3.63) is 68.1 Å². The molecule has 0 saturated heterocycles. The molecule has 1 unspecified atom stereocenters. The Labute approximate surface area is 254 Å². The number of allylic oxidation sites excluding steroid dienone is 2. The smallest absolute Gasteiger partial charge is 0.362 e. The minimum absolute atomic E-state index is 0. The molecule has 1 aromatic rings. The number of benzene rings is 1. The van der Waals surface area contributed by atoms with Gasteiger partial charge >= 0.3 is 37.1 Å². The Morgan fingerprint density at radius 3 is 2.34 bits per heavy atom. The van der Waals surface area contributed by atoms with E-state index < -0.39 is 11.6 Å². The van der Waals surface area contributed by atoms with Crippen LogP contribution in [0.25, 0.3) is 0 Å². The third-order valence-corrected chi connectivity index (χ3v) is 4.98. The molecule has 0 fully saturated rings. The third-order valence-electron chi connectivity index (χ3n) is 4.98. The second-order valence-corrected chi connectivity index (χ2v) is 9.31. The summed E-state index contributed by atoms with van der Waals surface area (Å²) in [6.45, 7) is 25.2. The van der Waals surface area contributed by atoms with Gasteiger partial charge in [0.25, 0.3) is 0 Å². The van der Waals surface area contributed by atoms with Gasteiger partial charge in [-0.15, -0.1) is 19.5 Å². The van der Waals surface area contributed by atoms with Crippen molar-refractivity contribution in [2.45, 2.75) is 59.9 Å². The summed E-state index contributed by atoms with van der Waals surface area (Å²) < 4.78 is 0. The number of anilines is 1. The number of carbonyl (C=O) groups excluding carboxylic acids is 2. The summed E-state index contributed by atoms with van der Waals surface area (Å²) in [5.41, 5.74) is 1.28. The van der Waals surface area contributed by atoms with Gasteiger partial charge in [0, 0.05) is 17.2 Å². The van der Waals surface area contributed by atoms with Gasteiger partial charge in [-0.3, -0.25) is 10.2 Å². The van der Waals surface area contributed by atoms with E-state index in [2.05, 4.69) is 41.9 Å². The van der Waals surface area contributed by atoms with Crippen LogP contribution in [0.2, 0.25) is 0 Å². The van der Waals surface area contributed by atoms with Crippen LogP contribution in [-0.4, -0.2) is 47.8 Å². The van der Waals surface area contributed by atoms with E-state index in [0.717, 1.165) is 18.5 Å². The van der Waals surface area contributed by atoms with Gasteiger partial charge in [0.05, 0.1) is 12.1 Å². The average molecular weight is 746 g/mol. The predicted octanol–water partition coefficient (Wildman–Crippen LogP) is 5.50. The monoisotopic (exact) mass is 745 g/mol. The van der Waals surface area contributed by atoms with Crippen molar-refractivity contribution in [2.24, 2.45) is 5.92 Å². The quantitative estimate of drug-likeness (QED) is 0.0921. The maximum Gasteiger partial charge on any atom is 2.00 e. The molecule has 0 aliphatic heterocycles. The number of urea groups is 1. The first kappa shape index (κ1) is 37.8. The summed E-state index contributed by atoms with van der Waals surface area (Å²) in [5, 5.41) is 14.0. The fourth-order valence-electron chi connectivity index (χ4n) is 3.22. The first-order chi connectivity index (χ1) is 17.4. The van der Waals surface area contributed by atoms with Crippen LogP contribution in [0.15, 0.2) is 48.7 Å². The third kappa shape index (κ3) is 15.2. The van der Waals surface area contributed by atoms with Gasteiger partial charge in [0.1, 0.15) is 5.84 Å². The topological polar surface area (TPSA) is 88.5 Å². The molecule has 0 aromatic heterocycles. The molecule has 1 atom stereocenters. The zero-order valence-electron chi connectivity index (χ0n) is 24.0. The fraction of sp³-hybridized carbons (Fsp3) is 0.433. The first-order valence-corrected chi connectivity index (χ1v) is 12.6. The second kappa shape index (κ2) is 19.7. The summed E-state index contributed by atoms with van der Waals surface area (Å²) in [7, 11) is 0. The molecule has 3 N–H and O–H groups in total. The standard InChI is InChI=1S/C28H39N5O2.C2H6.U/c1-9-23(17-18-32(10-2)11-3)16-15-22(5)30-27(35)33(24-14-12-13-21(4)19-24)25(29)20-26(34)31-28(6,7)8;1-2;/h1,12-16,19,23,29H,2-3,5,10-11,17-18,20H2,4,6-8H3,(H,30,35)(H,31,34);1-2H3;/q-2;;+2/b16-15-,29-25?;;. The number of terminal acetylenes is 1. The van der Waals surface area contributed by atoms with Crippen molar-refractivity contribution in [2.75, 3.05) is 24.5 Å². The molecule has 0 saturated carbocycles. The summed E-state index contributed by atoms with van der Waals surface area (Å²) in [6, 6.07) is 6.59. The molecule has 1 rings (SSSR count). The van der Waals surface area contributed by atoms with E-state index in [4.69, 9.17) is 11.8 Å². The summed E-state index contributed by atoms with van der Waals surface area (Å²) in [4.78, 5) is 28.8. The van der Waals surface area contributed by atoms with E-state index in [0.29, 0.717) is 24.5 Å². The minimum atomic E-state index is -0.587. The molecule has 0 bridgehead atoms. The van der Waals surface area contributed by atoms with E-state index in [-0.39, 0.29) is 55.2 Å². The molecular formula is C30H45N5O2U. The van der Waals surface area contributed by atoms with Crippen molar-refractivity contribution < 1.29 is 40.7 Å². The normalized spacial score (nSPS) is 11.4. The Morgan fingerprint density at radius 1 is 1.24 bits per heavy atom. The van der Waals surface area contributed by atoms with E-state index in [1.807, 2.05) is 53.7 Å². The number of hydrogen-bond donors (Lipinski definition) is 3. The first-order valence-electron chi connectivity index (χ1n) is 12.6. The zero-order chi connectivity index (χ0) is 28.6. The fourth-order valence-corrected chi connectivity index (χ4v) is 3.22. The van der Waals surface area contributed by atoms with Crippen molar-refractivity contribution in [1.82, 2.24) is 15.5 Å². The molecule has 0 aliphatic rings. The van der Waals surface area contributed by atoms with Crippen molar-refractivity contribution >= 4 is 23.5 Å². The van der Waals surface area contributed by atoms with Crippen LogP contribution in [0, 0.1) is 75.6 Å². The number of nitrogens with one attached hydrogen (secondary N) is 3. The zero-order valence-corrected chi connectivity index (χ0v) is 28.2. The second-order valence-electron chi connectivity index (χ2n) is 9.31. The van der Waals surface area contributed by atoms with Gasteiger partial charge in [0.15, 0.2) is 0 Å². The molecule has 0 radical (unpaired) electrons. The van der Waals surface area contributed by atoms with Crippen LogP contribution >= 0.6 is 0 Å². The van der Waals surface area contributed by atoms with Gasteiger partial charge in [-0.1, -0.05) is 44.6 Å². The molecule has 0 spiro atoms. The number of nitrogens with zero attached hydrogens (tertiary/aromatic N) is 2. The molecule has 8 heteroatoms. The summed E-state index contributed by atoms with van der Waals surface area (Å²) in [6.07, 6.45) is 9.59. The molecule has 7 nitrogen and oxygen atoms in total. The van der Waals surface area contributed by atoms with Gasteiger partial charge in [-0.25, -0.2) is 9.69 Å². The van der Waals surface area contributed by atoms with Crippen LogP contribution in [-0.2, 0) is 4.79 Å². The number of rotatable bonds is 11. The number of carbonyl (C=O) groups is 2. The number of hydrogen-bond acceptors (Lipinski definition) is 4. The van der Waals surface area contributed by atoms with Crippen LogP contribution in [0.4, 0.5) is 10.5 Å². The Balaban J connectivity index is 0. The number of amidine groups is 1. The summed E-state index contributed by atoms with van der Waals surface area (Å²) in [5.74, 6) is 2.09. The van der Waals surface area contributed by atoms with Gasteiger partial charge in [0.2, 0.25) is 5.91 Å². The maximum atomic E-state index is 13.2. The van der Waals surface area contributed by atoms with Crippen LogP contribution in [0.1, 0.15) is 53.0 Å². The summed E-state index contributed by atoms with van der Waals surface area (Å²) >= 11 is 0. The average Bonchev–Trinajstić information content (AvgIpc) is 2.81. The Bertz CT molecular complexity index is 972. The molecule has 38 heavy (non-hydrogen) atoms. The predicted molar refractivity (Wildman–Crippen MR) is 156 cm³/mol. The van der Waals surface area contributed by atoms with Crippen molar-refractivity contribution in [3.8, 4) is 12.3 Å². The van der Waals surface area contributed by atoms with Crippen LogP contribution < -0.4 is 15.5 Å². The molecule has 1 aromatic carbocycles. The molecule has 0 aliphatic carbocycles. The SMILES string of the molecule is C#CC(/C=C\C(=C)NC(=O)N(C(=N)CC(=O)NC(C)(C)C)c1cccc(C)c1)CCN(C[CH2-])C[CH2-].CC.[U+2]. The number of aryl methyl sites for hydroxylation is 1. The van der Waals surface area contributed by atoms with Crippen molar-refractivity contribution in [1.29, 1.82) is 5.41 Å². The Hall–Kier alpha value is -2.32. The number of amides is 3. The van der Waals surface area contributed by atoms with Gasteiger partial charge < -0.3 is 29.4 Å². The van der Waals surface area contributed by atoms with Gasteiger partial charge in [-0.05, 0) is 64.4 Å². The molecule has 0 heterocycles. The van der Waals surface area contributed by atoms with E-state index in [9.17, 15) is 9.59 Å². The van der Waals surface area contributed by atoms with Gasteiger partial charge in [-0.2, -0.15) is 0 Å². The van der Waals surface area contributed by atoms with E-state index >= 15 is 0 Å². The van der Waals surface area contributed by atoms with Crippen molar-refractivity contribution in [3.63, 3.8) is 0 Å². The van der Waals surface area contributed by atoms with E-state index in [1.54, 1.807) is 24.3 Å². The maximum absolute atomic E-state index is 13.2. The molecule has 3 amide bonds. The Morgan fingerprint density at radius 2 is 1.84 bits per heavy atom.